The number of nitrogens with zero attached hydrogens (tertiary/aromatic N) is 3. The smallest absolute Gasteiger partial charge is 0.134 e. The summed E-state index contributed by atoms with van der Waals surface area (Å²) in [5.74, 6) is 1.87. The van der Waals surface area contributed by atoms with Crippen LogP contribution in [0.2, 0.25) is 0 Å². The maximum Gasteiger partial charge on any atom is 0.134 e. The molecule has 1 fully saturated rings. The molecular formula is C61H39N3S. The van der Waals surface area contributed by atoms with Crippen molar-refractivity contribution in [3.8, 4) is 33.5 Å². The van der Waals surface area contributed by atoms with Gasteiger partial charge < -0.3 is 4.57 Å². The molecule has 0 N–H and O–H groups in total. The van der Waals surface area contributed by atoms with Crippen molar-refractivity contribution in [1.29, 1.82) is 0 Å². The fraction of sp³-hybridized carbons (Fsp3) is 0.0820. The van der Waals surface area contributed by atoms with Gasteiger partial charge in [0.1, 0.15) is 5.82 Å². The van der Waals surface area contributed by atoms with Gasteiger partial charge in [-0.05, 0) is 122 Å². The van der Waals surface area contributed by atoms with Crippen LogP contribution in [-0.4, -0.2) is 14.5 Å². The minimum absolute atomic E-state index is 0.224. The van der Waals surface area contributed by atoms with Crippen molar-refractivity contribution in [2.45, 2.75) is 18.8 Å². The quantitative estimate of drug-likeness (QED) is 0.173. The van der Waals surface area contributed by atoms with Gasteiger partial charge in [-0.25, -0.2) is 9.97 Å². The van der Waals surface area contributed by atoms with Crippen LogP contribution >= 0.6 is 11.3 Å². The van der Waals surface area contributed by atoms with Gasteiger partial charge in [0.25, 0.3) is 0 Å². The molecule has 0 saturated heterocycles. The molecule has 0 aliphatic heterocycles. The zero-order valence-electron chi connectivity index (χ0n) is 35.4. The molecule has 0 spiro atoms. The summed E-state index contributed by atoms with van der Waals surface area (Å²) < 4.78 is 5.13. The second-order valence-electron chi connectivity index (χ2n) is 18.3. The van der Waals surface area contributed by atoms with Gasteiger partial charge in [0.05, 0.1) is 22.2 Å². The number of thiophene rings is 1. The average Bonchev–Trinajstić information content (AvgIpc) is 3.62. The van der Waals surface area contributed by atoms with Gasteiger partial charge in [-0.2, -0.15) is 0 Å². The largest absolute Gasteiger partial charge is 0.310 e. The Kier molecular flexibility index (Phi) is 7.39. The number of fused-ring (bicyclic) bond motifs is 11. The zero-order valence-corrected chi connectivity index (χ0v) is 36.2. The van der Waals surface area contributed by atoms with E-state index in [1.165, 1.54) is 103 Å². The lowest BCUT2D eigenvalue weighted by Crippen LogP contribution is -2.32. The first-order valence-corrected chi connectivity index (χ1v) is 23.7. The first-order valence-electron chi connectivity index (χ1n) is 22.9. The number of aromatic nitrogens is 3. The molecule has 1 saturated carbocycles. The fourth-order valence-corrected chi connectivity index (χ4v) is 13.0. The molecule has 3 heterocycles. The molecule has 0 amide bonds. The number of benzene rings is 8. The van der Waals surface area contributed by atoms with Gasteiger partial charge in [-0.3, -0.25) is 0 Å². The van der Waals surface area contributed by atoms with Gasteiger partial charge in [0.2, 0.25) is 0 Å². The van der Waals surface area contributed by atoms with Crippen molar-refractivity contribution >= 4 is 81.1 Å². The van der Waals surface area contributed by atoms with Crippen LogP contribution in [0.5, 0.6) is 0 Å². The van der Waals surface area contributed by atoms with Crippen LogP contribution in [0.4, 0.5) is 0 Å². The van der Waals surface area contributed by atoms with Crippen molar-refractivity contribution in [2.75, 3.05) is 0 Å². The van der Waals surface area contributed by atoms with Crippen LogP contribution in [0.25, 0.3) is 103 Å². The number of hydrogen-bond acceptors (Lipinski definition) is 3. The maximum absolute atomic E-state index is 5.46. The molecule has 4 aliphatic rings. The third-order valence-corrected chi connectivity index (χ3v) is 16.0. The van der Waals surface area contributed by atoms with Crippen LogP contribution in [-0.2, 0) is 0 Å². The molecule has 3 aromatic heterocycles. The predicted octanol–water partition coefficient (Wildman–Crippen LogP) is 14.1. The van der Waals surface area contributed by atoms with Gasteiger partial charge >= 0.3 is 0 Å². The lowest BCUT2D eigenvalue weighted by molar-refractivity contribution is 0.893. The summed E-state index contributed by atoms with van der Waals surface area (Å²) in [5, 5.41) is 9.12. The average molecular weight is 846 g/mol. The van der Waals surface area contributed by atoms with Crippen LogP contribution in [0, 0.1) is 11.8 Å². The number of hydrogen-bond donors (Lipinski definition) is 0. The van der Waals surface area contributed by atoms with E-state index in [-0.39, 0.29) is 5.92 Å². The van der Waals surface area contributed by atoms with Crippen molar-refractivity contribution in [1.82, 2.24) is 14.5 Å². The lowest BCUT2D eigenvalue weighted by Gasteiger charge is -2.16. The van der Waals surface area contributed by atoms with Crippen LogP contribution in [0.15, 0.2) is 194 Å². The van der Waals surface area contributed by atoms with E-state index < -0.39 is 0 Å². The van der Waals surface area contributed by atoms with E-state index >= 15 is 0 Å². The minimum Gasteiger partial charge on any atom is -0.310 e. The van der Waals surface area contributed by atoms with Crippen molar-refractivity contribution in [3.05, 3.63) is 222 Å². The normalized spacial score (nSPS) is 18.2. The number of para-hydroxylation sites is 2. The molecule has 0 radical (unpaired) electrons. The Morgan fingerprint density at radius 1 is 0.477 bits per heavy atom. The maximum atomic E-state index is 5.46. The Morgan fingerprint density at radius 2 is 1.17 bits per heavy atom. The van der Waals surface area contributed by atoms with Crippen LogP contribution < -0.4 is 10.4 Å². The highest BCUT2D eigenvalue weighted by atomic mass is 32.1. The minimum atomic E-state index is 0.224. The molecular weight excluding hydrogens is 807 g/mol. The summed E-state index contributed by atoms with van der Waals surface area (Å²) in [4.78, 5) is 10.7. The molecule has 3 atom stereocenters. The van der Waals surface area contributed by atoms with Crippen LogP contribution in [0.3, 0.4) is 0 Å². The SMILES string of the molecule is C1=CC2C(C=C1n1c3ccccc3c3cc(-c4ccc5c(c4)sc4ccccc45)ccc31)C2c1nc(-c2ccc(C3=c4cccc5c4=C(CC3)c3ccccc3-5)cc2)c2ccccc2n1. The molecule has 3 unspecified atom stereocenters. The molecule has 11 aromatic rings. The summed E-state index contributed by atoms with van der Waals surface area (Å²) >= 11 is 1.88. The summed E-state index contributed by atoms with van der Waals surface area (Å²) in [6, 6.07) is 65.1. The molecule has 15 rings (SSSR count). The van der Waals surface area contributed by atoms with E-state index in [0.717, 1.165) is 40.8 Å². The third-order valence-electron chi connectivity index (χ3n) is 14.9. The summed E-state index contributed by atoms with van der Waals surface area (Å²) in [6.45, 7) is 0. The topological polar surface area (TPSA) is 30.7 Å². The highest BCUT2D eigenvalue weighted by Gasteiger charge is 2.51. The van der Waals surface area contributed by atoms with Gasteiger partial charge in [-0.15, -0.1) is 11.3 Å². The van der Waals surface area contributed by atoms with E-state index in [9.17, 15) is 0 Å². The first kappa shape index (κ1) is 35.8. The molecule has 65 heavy (non-hydrogen) atoms. The van der Waals surface area contributed by atoms with Crippen LogP contribution in [0.1, 0.15) is 35.7 Å². The third kappa shape index (κ3) is 5.23. The molecule has 8 aromatic carbocycles. The number of rotatable bonds is 5. The highest BCUT2D eigenvalue weighted by Crippen LogP contribution is 2.58. The second kappa shape index (κ2) is 13.4. The summed E-state index contributed by atoms with van der Waals surface area (Å²) in [6.07, 6.45) is 9.33. The fourth-order valence-electron chi connectivity index (χ4n) is 11.8. The Bertz CT molecular complexity index is 4090. The van der Waals surface area contributed by atoms with E-state index in [0.29, 0.717) is 11.8 Å². The van der Waals surface area contributed by atoms with E-state index in [2.05, 4.69) is 199 Å². The van der Waals surface area contributed by atoms with Crippen molar-refractivity contribution in [2.24, 2.45) is 11.8 Å². The zero-order chi connectivity index (χ0) is 42.3. The van der Waals surface area contributed by atoms with Gasteiger partial charge in [0, 0.05) is 53.5 Å². The van der Waals surface area contributed by atoms with E-state index in [4.69, 9.17) is 9.97 Å². The van der Waals surface area contributed by atoms with Gasteiger partial charge in [0.15, 0.2) is 0 Å². The summed E-state index contributed by atoms with van der Waals surface area (Å²) in [7, 11) is 0. The lowest BCUT2D eigenvalue weighted by atomic mass is 9.88. The molecule has 4 aliphatic carbocycles. The Morgan fingerprint density at radius 3 is 2.09 bits per heavy atom. The molecule has 0 bridgehead atoms. The molecule has 3 nitrogen and oxygen atoms in total. The predicted molar refractivity (Wildman–Crippen MR) is 271 cm³/mol. The Balaban J connectivity index is 0.780. The Hall–Kier alpha value is -7.66. The van der Waals surface area contributed by atoms with E-state index in [1.54, 1.807) is 0 Å². The van der Waals surface area contributed by atoms with Crippen molar-refractivity contribution in [3.63, 3.8) is 0 Å². The highest BCUT2D eigenvalue weighted by molar-refractivity contribution is 7.25. The molecule has 4 heteroatoms. The monoisotopic (exact) mass is 845 g/mol. The second-order valence-corrected chi connectivity index (χ2v) is 19.4. The summed E-state index contributed by atoms with van der Waals surface area (Å²) in [5.41, 5.74) is 17.7. The molecule has 304 valence electrons. The van der Waals surface area contributed by atoms with Gasteiger partial charge in [-0.1, -0.05) is 152 Å². The van der Waals surface area contributed by atoms with E-state index in [1.807, 2.05) is 11.3 Å². The standard InChI is InChI=1S/C61H39N3S/c1-2-11-42-41(10-1)47-16-9-15-46-40(29-30-48(42)58(46)47)35-20-22-36(23-21-35)60-50-14-3-6-17-53(50)62-61(63-60)59-49-28-26-39(34-52(49)59)64-54-18-7-4-12-43(54)51-32-37(25-31-55(51)64)38-24-27-45-44-13-5-8-19-56(44)65-57(45)33-38/h1-28,31-34,49,52,59H,29-30H2. The van der Waals surface area contributed by atoms with Crippen molar-refractivity contribution < 1.29 is 0 Å². The first-order chi connectivity index (χ1) is 32.2. The number of allylic oxidation sites excluding steroid dienone is 4. The Labute approximate surface area is 379 Å².